The number of rotatable bonds is 3. The van der Waals surface area contributed by atoms with E-state index in [1.165, 1.54) is 32.1 Å². The van der Waals surface area contributed by atoms with E-state index in [9.17, 15) is 0 Å². The Labute approximate surface area is 91.7 Å². The van der Waals surface area contributed by atoms with Crippen molar-refractivity contribution in [2.24, 2.45) is 16.6 Å². The van der Waals surface area contributed by atoms with Gasteiger partial charge in [-0.1, -0.05) is 19.3 Å². The summed E-state index contributed by atoms with van der Waals surface area (Å²) in [6, 6.07) is 0.412. The average molecular weight is 210 g/mol. The minimum Gasteiger partial charge on any atom is -0.355 e. The van der Waals surface area contributed by atoms with Gasteiger partial charge in [-0.15, -0.1) is 0 Å². The largest absolute Gasteiger partial charge is 0.355 e. The van der Waals surface area contributed by atoms with E-state index in [0.29, 0.717) is 12.6 Å². The fourth-order valence-corrected chi connectivity index (χ4v) is 2.58. The van der Waals surface area contributed by atoms with Crippen LogP contribution in [0.3, 0.4) is 0 Å². The Kier molecular flexibility index (Phi) is 3.83. The molecule has 1 heterocycles. The molecule has 1 atom stereocenters. The summed E-state index contributed by atoms with van der Waals surface area (Å²) in [7, 11) is 0. The van der Waals surface area contributed by atoms with Crippen LogP contribution in [0, 0.1) is 5.92 Å². The number of guanidine groups is 1. The minimum absolute atomic E-state index is 0.412. The zero-order valence-corrected chi connectivity index (χ0v) is 9.34. The van der Waals surface area contributed by atoms with Gasteiger partial charge in [-0.3, -0.25) is 4.99 Å². The number of hydrogen-bond acceptors (Lipinski definition) is 4. The van der Waals surface area contributed by atoms with E-state index in [2.05, 4.69) is 15.6 Å². The Balaban J connectivity index is 1.84. The maximum atomic E-state index is 5.84. The highest BCUT2D eigenvalue weighted by Crippen LogP contribution is 2.26. The standard InChI is InChI=1S/C11H22N4/c12-8-10(9-4-2-1-3-5-9)15-11-13-6-7-14-11/h9-10H,1-8,12H2,(H2,13,14,15). The Hall–Kier alpha value is -0.770. The van der Waals surface area contributed by atoms with Gasteiger partial charge in [0.2, 0.25) is 0 Å². The van der Waals surface area contributed by atoms with Gasteiger partial charge in [-0.05, 0) is 18.8 Å². The first-order valence-corrected chi connectivity index (χ1v) is 6.15. The first-order valence-electron chi connectivity index (χ1n) is 6.15. The lowest BCUT2D eigenvalue weighted by atomic mass is 9.84. The van der Waals surface area contributed by atoms with Crippen LogP contribution in [-0.2, 0) is 0 Å². The van der Waals surface area contributed by atoms with Crippen LogP contribution in [-0.4, -0.2) is 31.6 Å². The van der Waals surface area contributed by atoms with Crippen LogP contribution in [0.15, 0.2) is 4.99 Å². The highest BCUT2D eigenvalue weighted by Gasteiger charge is 2.23. The van der Waals surface area contributed by atoms with E-state index < -0.39 is 0 Å². The number of hydrogen-bond donors (Lipinski definition) is 3. The van der Waals surface area contributed by atoms with Crippen molar-refractivity contribution in [3.8, 4) is 0 Å². The fourth-order valence-electron chi connectivity index (χ4n) is 2.58. The van der Waals surface area contributed by atoms with E-state index in [4.69, 9.17) is 5.73 Å². The second-order valence-electron chi connectivity index (χ2n) is 4.54. The van der Waals surface area contributed by atoms with Crippen molar-refractivity contribution in [2.45, 2.75) is 38.1 Å². The van der Waals surface area contributed by atoms with Crippen molar-refractivity contribution >= 4 is 5.96 Å². The first kappa shape index (κ1) is 10.7. The molecule has 1 unspecified atom stereocenters. The van der Waals surface area contributed by atoms with Crippen molar-refractivity contribution < 1.29 is 0 Å². The van der Waals surface area contributed by atoms with E-state index in [1.54, 1.807) is 0 Å². The predicted octanol–water partition coefficient (Wildman–Crippen LogP) is 0.443. The summed E-state index contributed by atoms with van der Waals surface area (Å²) >= 11 is 0. The number of nitrogens with one attached hydrogen (secondary N) is 2. The molecule has 1 aliphatic heterocycles. The summed E-state index contributed by atoms with van der Waals surface area (Å²) in [5.41, 5.74) is 5.84. The van der Waals surface area contributed by atoms with Gasteiger partial charge in [-0.2, -0.15) is 0 Å². The van der Waals surface area contributed by atoms with E-state index >= 15 is 0 Å². The first-order chi connectivity index (χ1) is 7.40. The van der Waals surface area contributed by atoms with Crippen LogP contribution >= 0.6 is 0 Å². The zero-order valence-electron chi connectivity index (χ0n) is 9.34. The number of aliphatic imine (C=N–C) groups is 1. The van der Waals surface area contributed by atoms with E-state index in [0.717, 1.165) is 25.0 Å². The van der Waals surface area contributed by atoms with Crippen molar-refractivity contribution in [3.05, 3.63) is 0 Å². The van der Waals surface area contributed by atoms with Crippen LogP contribution < -0.4 is 16.4 Å². The quantitative estimate of drug-likeness (QED) is 0.633. The normalized spacial score (nSPS) is 24.5. The van der Waals surface area contributed by atoms with Crippen LogP contribution in [0.4, 0.5) is 0 Å². The second-order valence-corrected chi connectivity index (χ2v) is 4.54. The molecule has 2 rings (SSSR count). The predicted molar refractivity (Wildman–Crippen MR) is 62.9 cm³/mol. The lowest BCUT2D eigenvalue weighted by Crippen LogP contribution is -2.49. The summed E-state index contributed by atoms with van der Waals surface area (Å²) in [6.45, 7) is 2.57. The van der Waals surface area contributed by atoms with E-state index in [1.807, 2.05) is 0 Å². The Morgan fingerprint density at radius 1 is 1.40 bits per heavy atom. The maximum Gasteiger partial charge on any atom is 0.191 e. The minimum atomic E-state index is 0.412. The molecule has 0 aromatic rings. The lowest BCUT2D eigenvalue weighted by Gasteiger charge is -2.30. The van der Waals surface area contributed by atoms with Gasteiger partial charge in [0.15, 0.2) is 5.96 Å². The number of nitrogens with zero attached hydrogens (tertiary/aromatic N) is 1. The molecule has 0 spiro atoms. The highest BCUT2D eigenvalue weighted by molar-refractivity contribution is 5.81. The summed E-state index contributed by atoms with van der Waals surface area (Å²) < 4.78 is 0. The van der Waals surface area contributed by atoms with Crippen LogP contribution in [0.5, 0.6) is 0 Å². The molecule has 2 aliphatic rings. The monoisotopic (exact) mass is 210 g/mol. The molecule has 1 saturated carbocycles. The Morgan fingerprint density at radius 2 is 2.20 bits per heavy atom. The Bertz CT molecular complexity index is 221. The molecule has 4 heteroatoms. The third-order valence-corrected chi connectivity index (χ3v) is 3.47. The molecule has 0 bridgehead atoms. The van der Waals surface area contributed by atoms with Crippen molar-refractivity contribution in [1.29, 1.82) is 0 Å². The van der Waals surface area contributed by atoms with Crippen LogP contribution in [0.2, 0.25) is 0 Å². The van der Waals surface area contributed by atoms with Crippen molar-refractivity contribution in [1.82, 2.24) is 10.6 Å². The van der Waals surface area contributed by atoms with Gasteiger partial charge in [0.1, 0.15) is 0 Å². The summed E-state index contributed by atoms with van der Waals surface area (Å²) in [6.07, 6.45) is 6.77. The van der Waals surface area contributed by atoms with Gasteiger partial charge in [0.05, 0.1) is 6.54 Å². The topological polar surface area (TPSA) is 62.4 Å². The Morgan fingerprint density at radius 3 is 2.80 bits per heavy atom. The molecule has 0 amide bonds. The zero-order chi connectivity index (χ0) is 10.5. The van der Waals surface area contributed by atoms with Crippen LogP contribution in [0.25, 0.3) is 0 Å². The molecular weight excluding hydrogens is 188 g/mol. The second kappa shape index (κ2) is 5.35. The molecule has 4 N–H and O–H groups in total. The molecule has 86 valence electrons. The fraction of sp³-hybridized carbons (Fsp3) is 0.909. The molecule has 1 fully saturated rings. The molecule has 1 aliphatic carbocycles. The number of nitrogens with two attached hydrogens (primary N) is 1. The van der Waals surface area contributed by atoms with Gasteiger partial charge in [-0.25, -0.2) is 0 Å². The summed E-state index contributed by atoms with van der Waals surface area (Å²) in [4.78, 5) is 4.36. The smallest absolute Gasteiger partial charge is 0.191 e. The molecule has 0 saturated heterocycles. The molecule has 0 radical (unpaired) electrons. The maximum absolute atomic E-state index is 5.84. The molecular formula is C11H22N4. The van der Waals surface area contributed by atoms with E-state index in [-0.39, 0.29) is 0 Å². The third-order valence-electron chi connectivity index (χ3n) is 3.47. The van der Waals surface area contributed by atoms with Gasteiger partial charge < -0.3 is 16.4 Å². The van der Waals surface area contributed by atoms with Gasteiger partial charge in [0, 0.05) is 19.1 Å². The molecule has 0 aromatic carbocycles. The molecule has 0 aromatic heterocycles. The molecule has 15 heavy (non-hydrogen) atoms. The SMILES string of the molecule is NCC(NC1=NCCN1)C1CCCCC1. The average Bonchev–Trinajstić information content (AvgIpc) is 2.80. The van der Waals surface area contributed by atoms with Crippen molar-refractivity contribution in [3.63, 3.8) is 0 Å². The highest BCUT2D eigenvalue weighted by atomic mass is 15.2. The summed E-state index contributed by atoms with van der Waals surface area (Å²) in [5.74, 6) is 1.70. The summed E-state index contributed by atoms with van der Waals surface area (Å²) in [5, 5.41) is 6.69. The third kappa shape index (κ3) is 2.84. The van der Waals surface area contributed by atoms with Crippen LogP contribution in [0.1, 0.15) is 32.1 Å². The lowest BCUT2D eigenvalue weighted by molar-refractivity contribution is 0.292. The van der Waals surface area contributed by atoms with Crippen molar-refractivity contribution in [2.75, 3.05) is 19.6 Å². The van der Waals surface area contributed by atoms with Gasteiger partial charge in [0.25, 0.3) is 0 Å². The van der Waals surface area contributed by atoms with Gasteiger partial charge >= 0.3 is 0 Å². The molecule has 4 nitrogen and oxygen atoms in total.